The molecular formula is C14H16BrN3OS. The molecule has 2 aromatic rings. The van der Waals surface area contributed by atoms with Crippen molar-refractivity contribution >= 4 is 39.0 Å². The third-order valence-electron chi connectivity index (χ3n) is 2.76. The molecule has 2 rings (SSSR count). The molecule has 0 aliphatic carbocycles. The highest BCUT2D eigenvalue weighted by Crippen LogP contribution is 2.20. The number of urea groups is 1. The lowest BCUT2D eigenvalue weighted by Gasteiger charge is -2.08. The molecule has 6 heteroatoms. The fourth-order valence-corrected chi connectivity index (χ4v) is 2.70. The number of anilines is 1. The number of thiazole rings is 1. The van der Waals surface area contributed by atoms with Crippen LogP contribution in [-0.2, 0) is 6.42 Å². The van der Waals surface area contributed by atoms with Gasteiger partial charge in [0.15, 0.2) is 0 Å². The highest BCUT2D eigenvalue weighted by molar-refractivity contribution is 9.10. The van der Waals surface area contributed by atoms with Gasteiger partial charge in [-0.1, -0.05) is 22.0 Å². The Hall–Kier alpha value is -1.40. The van der Waals surface area contributed by atoms with Crippen LogP contribution in [0.2, 0.25) is 0 Å². The van der Waals surface area contributed by atoms with Crippen molar-refractivity contribution in [1.29, 1.82) is 0 Å². The van der Waals surface area contributed by atoms with Gasteiger partial charge in [-0.2, -0.15) is 0 Å². The Balaban J connectivity index is 1.79. The molecule has 20 heavy (non-hydrogen) atoms. The average molecular weight is 354 g/mol. The molecule has 0 bridgehead atoms. The second-order valence-electron chi connectivity index (χ2n) is 4.45. The van der Waals surface area contributed by atoms with Crippen molar-refractivity contribution in [1.82, 2.24) is 10.3 Å². The maximum Gasteiger partial charge on any atom is 0.319 e. The quantitative estimate of drug-likeness (QED) is 0.875. The average Bonchev–Trinajstić information content (AvgIpc) is 2.80. The molecular weight excluding hydrogens is 338 g/mol. The lowest BCUT2D eigenvalue weighted by Crippen LogP contribution is -2.30. The summed E-state index contributed by atoms with van der Waals surface area (Å²) < 4.78 is 0.980. The van der Waals surface area contributed by atoms with Gasteiger partial charge >= 0.3 is 6.03 Å². The topological polar surface area (TPSA) is 54.0 Å². The zero-order valence-corrected chi connectivity index (χ0v) is 13.8. The molecule has 0 aliphatic rings. The van der Waals surface area contributed by atoms with E-state index in [1.807, 2.05) is 37.4 Å². The number of amides is 2. The number of halogens is 1. The molecule has 0 unspecified atom stereocenters. The Morgan fingerprint density at radius 2 is 2.20 bits per heavy atom. The normalized spacial score (nSPS) is 10.3. The summed E-state index contributed by atoms with van der Waals surface area (Å²) in [6, 6.07) is 5.52. The van der Waals surface area contributed by atoms with Gasteiger partial charge < -0.3 is 10.6 Å². The van der Waals surface area contributed by atoms with Crippen LogP contribution in [0.25, 0.3) is 0 Å². The minimum absolute atomic E-state index is 0.201. The predicted octanol–water partition coefficient (Wildman–Crippen LogP) is 3.89. The van der Waals surface area contributed by atoms with Gasteiger partial charge in [0.1, 0.15) is 0 Å². The van der Waals surface area contributed by atoms with Gasteiger partial charge in [0.25, 0.3) is 0 Å². The van der Waals surface area contributed by atoms with E-state index in [0.717, 1.165) is 32.8 Å². The van der Waals surface area contributed by atoms with Crippen molar-refractivity contribution < 1.29 is 4.79 Å². The highest BCUT2D eigenvalue weighted by atomic mass is 79.9. The zero-order chi connectivity index (χ0) is 14.5. The molecule has 2 amide bonds. The maximum atomic E-state index is 11.7. The number of carbonyl (C=O) groups is 1. The molecule has 0 saturated carbocycles. The number of carbonyl (C=O) groups excluding carboxylic acids is 1. The molecule has 0 saturated heterocycles. The summed E-state index contributed by atoms with van der Waals surface area (Å²) >= 11 is 5.07. The van der Waals surface area contributed by atoms with E-state index in [0.29, 0.717) is 6.54 Å². The Kier molecular flexibility index (Phi) is 5.14. The molecule has 0 atom stereocenters. The first-order valence-electron chi connectivity index (χ1n) is 6.26. The van der Waals surface area contributed by atoms with Crippen molar-refractivity contribution in [2.45, 2.75) is 20.3 Å². The van der Waals surface area contributed by atoms with Crippen LogP contribution in [-0.4, -0.2) is 17.6 Å². The first-order chi connectivity index (χ1) is 9.54. The summed E-state index contributed by atoms with van der Waals surface area (Å²) in [6.45, 7) is 4.55. The second-order valence-corrected chi connectivity index (χ2v) is 6.37. The lowest BCUT2D eigenvalue weighted by atomic mass is 10.2. The van der Waals surface area contributed by atoms with Gasteiger partial charge in [-0.3, -0.25) is 0 Å². The van der Waals surface area contributed by atoms with Gasteiger partial charge in [-0.05, 0) is 31.5 Å². The van der Waals surface area contributed by atoms with Crippen molar-refractivity contribution in [3.05, 3.63) is 44.3 Å². The van der Waals surface area contributed by atoms with Gasteiger partial charge in [0.2, 0.25) is 0 Å². The van der Waals surface area contributed by atoms with Crippen molar-refractivity contribution in [2.75, 3.05) is 11.9 Å². The minimum atomic E-state index is -0.201. The van der Waals surface area contributed by atoms with E-state index in [9.17, 15) is 4.79 Å². The number of rotatable bonds is 4. The van der Waals surface area contributed by atoms with E-state index < -0.39 is 0 Å². The molecule has 1 heterocycles. The summed E-state index contributed by atoms with van der Waals surface area (Å²) in [6.07, 6.45) is 0.745. The monoisotopic (exact) mass is 353 g/mol. The van der Waals surface area contributed by atoms with Crippen LogP contribution < -0.4 is 10.6 Å². The highest BCUT2D eigenvalue weighted by Gasteiger charge is 2.04. The zero-order valence-electron chi connectivity index (χ0n) is 11.4. The number of aryl methyl sites for hydroxylation is 2. The summed E-state index contributed by atoms with van der Waals surface area (Å²) in [5.41, 5.74) is 2.92. The Morgan fingerprint density at radius 3 is 2.85 bits per heavy atom. The molecule has 0 fully saturated rings. The Labute approximate surface area is 130 Å². The minimum Gasteiger partial charge on any atom is -0.337 e. The molecule has 106 valence electrons. The standard InChI is InChI=1S/C14H16BrN3OS/c1-9-3-4-11(7-13(9)15)18-14(19)16-6-5-12-8-20-10(2)17-12/h3-4,7-8H,5-6H2,1-2H3,(H2,16,18,19). The fourth-order valence-electron chi connectivity index (χ4n) is 1.67. The van der Waals surface area contributed by atoms with E-state index in [-0.39, 0.29) is 6.03 Å². The Bertz CT molecular complexity index is 612. The van der Waals surface area contributed by atoms with Crippen molar-refractivity contribution in [3.63, 3.8) is 0 Å². The van der Waals surface area contributed by atoms with E-state index >= 15 is 0 Å². The summed E-state index contributed by atoms with van der Waals surface area (Å²) in [7, 11) is 0. The third kappa shape index (κ3) is 4.31. The molecule has 1 aromatic heterocycles. The van der Waals surface area contributed by atoms with E-state index in [1.165, 1.54) is 0 Å². The number of hydrogen-bond donors (Lipinski definition) is 2. The maximum absolute atomic E-state index is 11.7. The predicted molar refractivity (Wildman–Crippen MR) is 86.5 cm³/mol. The van der Waals surface area contributed by atoms with Gasteiger partial charge in [-0.25, -0.2) is 9.78 Å². The third-order valence-corrected chi connectivity index (χ3v) is 4.44. The smallest absolute Gasteiger partial charge is 0.319 e. The Morgan fingerprint density at radius 1 is 1.40 bits per heavy atom. The molecule has 1 aromatic carbocycles. The van der Waals surface area contributed by atoms with E-state index in [2.05, 4.69) is 31.5 Å². The fraction of sp³-hybridized carbons (Fsp3) is 0.286. The van der Waals surface area contributed by atoms with Crippen LogP contribution in [0, 0.1) is 13.8 Å². The first-order valence-corrected chi connectivity index (χ1v) is 7.94. The lowest BCUT2D eigenvalue weighted by molar-refractivity contribution is 0.252. The van der Waals surface area contributed by atoms with Gasteiger partial charge in [0, 0.05) is 28.5 Å². The molecule has 0 radical (unpaired) electrons. The number of benzene rings is 1. The van der Waals surface area contributed by atoms with Gasteiger partial charge in [0.05, 0.1) is 10.7 Å². The van der Waals surface area contributed by atoms with Crippen LogP contribution in [0.3, 0.4) is 0 Å². The number of aromatic nitrogens is 1. The number of hydrogen-bond acceptors (Lipinski definition) is 3. The number of nitrogens with zero attached hydrogens (tertiary/aromatic N) is 1. The molecule has 2 N–H and O–H groups in total. The SMILES string of the molecule is Cc1nc(CCNC(=O)Nc2ccc(C)c(Br)c2)cs1. The molecule has 0 spiro atoms. The molecule has 4 nitrogen and oxygen atoms in total. The van der Waals surface area contributed by atoms with Crippen LogP contribution in [0.15, 0.2) is 28.1 Å². The molecule has 0 aliphatic heterocycles. The summed E-state index contributed by atoms with van der Waals surface area (Å²) in [4.78, 5) is 16.1. The van der Waals surface area contributed by atoms with E-state index in [4.69, 9.17) is 0 Å². The summed E-state index contributed by atoms with van der Waals surface area (Å²) in [5, 5.41) is 8.70. The number of nitrogens with one attached hydrogen (secondary N) is 2. The summed E-state index contributed by atoms with van der Waals surface area (Å²) in [5.74, 6) is 0. The van der Waals surface area contributed by atoms with Crippen LogP contribution in [0.5, 0.6) is 0 Å². The second kappa shape index (κ2) is 6.85. The van der Waals surface area contributed by atoms with E-state index in [1.54, 1.807) is 11.3 Å². The van der Waals surface area contributed by atoms with Crippen LogP contribution in [0.4, 0.5) is 10.5 Å². The van der Waals surface area contributed by atoms with Crippen molar-refractivity contribution in [2.24, 2.45) is 0 Å². The van der Waals surface area contributed by atoms with Gasteiger partial charge in [-0.15, -0.1) is 11.3 Å². The first kappa shape index (κ1) is 15.0. The van der Waals surface area contributed by atoms with Crippen LogP contribution >= 0.6 is 27.3 Å². The largest absolute Gasteiger partial charge is 0.337 e. The van der Waals surface area contributed by atoms with Crippen molar-refractivity contribution in [3.8, 4) is 0 Å². The van der Waals surface area contributed by atoms with Crippen LogP contribution in [0.1, 0.15) is 16.3 Å².